The van der Waals surface area contributed by atoms with Gasteiger partial charge in [0.05, 0.1) is 0 Å². The molecule has 0 radical (unpaired) electrons. The van der Waals surface area contributed by atoms with Crippen LogP contribution in [0.5, 0.6) is 0 Å². The fourth-order valence-corrected chi connectivity index (χ4v) is 9.25. The lowest BCUT2D eigenvalue weighted by Gasteiger charge is -2.18. The minimum absolute atomic E-state index is 0.0719. The van der Waals surface area contributed by atoms with E-state index in [0.717, 1.165) is 83.5 Å². The van der Waals surface area contributed by atoms with Gasteiger partial charge < -0.3 is 14.2 Å². The number of ether oxygens (including phenoxy) is 3. The van der Waals surface area contributed by atoms with Gasteiger partial charge in [-0.25, -0.2) is 0 Å². The highest BCUT2D eigenvalue weighted by Crippen LogP contribution is 2.17. The molecule has 0 saturated carbocycles. The zero-order valence-corrected chi connectivity index (χ0v) is 48.7. The molecule has 0 N–H and O–H groups in total. The Bertz CT molecular complexity index is 1310. The van der Waals surface area contributed by atoms with Gasteiger partial charge in [-0.1, -0.05) is 287 Å². The summed E-state index contributed by atoms with van der Waals surface area (Å²) in [5.41, 5.74) is 0. The van der Waals surface area contributed by atoms with E-state index < -0.39 is 6.10 Å². The molecule has 0 aliphatic heterocycles. The molecular weight excluding hydrogens is 901 g/mol. The summed E-state index contributed by atoms with van der Waals surface area (Å²) in [4.78, 5) is 38.2. The highest BCUT2D eigenvalue weighted by Gasteiger charge is 2.19. The van der Waals surface area contributed by atoms with Crippen LogP contribution < -0.4 is 0 Å². The van der Waals surface area contributed by atoms with Crippen molar-refractivity contribution in [2.45, 2.75) is 335 Å². The zero-order valence-electron chi connectivity index (χ0n) is 48.7. The smallest absolute Gasteiger partial charge is 0.306 e. The predicted molar refractivity (Wildman–Crippen MR) is 316 cm³/mol. The number of hydrogen-bond acceptors (Lipinski definition) is 6. The van der Waals surface area contributed by atoms with Crippen molar-refractivity contribution in [3.63, 3.8) is 0 Å². The Morgan fingerprint density at radius 2 is 0.534 bits per heavy atom. The van der Waals surface area contributed by atoms with Gasteiger partial charge in [-0.3, -0.25) is 14.4 Å². The van der Waals surface area contributed by atoms with Crippen LogP contribution >= 0.6 is 0 Å². The number of carbonyl (C=O) groups excluding carboxylic acids is 3. The fourth-order valence-electron chi connectivity index (χ4n) is 9.25. The normalized spacial score (nSPS) is 12.4. The van der Waals surface area contributed by atoms with Crippen LogP contribution in [0.4, 0.5) is 0 Å². The maximum absolute atomic E-state index is 12.9. The summed E-state index contributed by atoms with van der Waals surface area (Å²) in [6.45, 7) is 6.55. The van der Waals surface area contributed by atoms with Crippen molar-refractivity contribution in [3.8, 4) is 0 Å². The van der Waals surface area contributed by atoms with Gasteiger partial charge in [-0.05, 0) is 83.5 Å². The monoisotopic (exact) mass is 1020 g/mol. The van der Waals surface area contributed by atoms with Crippen LogP contribution in [0.3, 0.4) is 0 Å². The van der Waals surface area contributed by atoms with Gasteiger partial charge in [-0.15, -0.1) is 0 Å². The number of hydrogen-bond donors (Lipinski definition) is 0. The maximum atomic E-state index is 12.9. The third kappa shape index (κ3) is 59.9. The minimum atomic E-state index is -0.773. The van der Waals surface area contributed by atoms with Crippen LogP contribution in [0.15, 0.2) is 60.8 Å². The molecule has 1 unspecified atom stereocenters. The SMILES string of the molecule is CC/C=C\C/C=C\C/C=C\C/C=C\CCCCCCCCCCCCCCC(=O)OCC(COC(=O)CCCCCCCCCCC)OC(=O)CCCCCCCCCCC/C=C\CCCCCCCCCC. The first kappa shape index (κ1) is 70.1. The lowest BCUT2D eigenvalue weighted by atomic mass is 10.0. The third-order valence-electron chi connectivity index (χ3n) is 14.0. The molecule has 1 atom stereocenters. The molecule has 0 heterocycles. The van der Waals surface area contributed by atoms with Crippen molar-refractivity contribution in [1.29, 1.82) is 0 Å². The van der Waals surface area contributed by atoms with Gasteiger partial charge in [0.15, 0.2) is 6.10 Å². The summed E-state index contributed by atoms with van der Waals surface area (Å²) in [7, 11) is 0. The Kier molecular flexibility index (Phi) is 59.2. The minimum Gasteiger partial charge on any atom is -0.462 e. The molecule has 73 heavy (non-hydrogen) atoms. The topological polar surface area (TPSA) is 78.9 Å². The quantitative estimate of drug-likeness (QED) is 0.0261. The van der Waals surface area contributed by atoms with Crippen molar-refractivity contribution in [2.24, 2.45) is 0 Å². The second kappa shape index (κ2) is 61.7. The molecule has 6 nitrogen and oxygen atoms in total. The van der Waals surface area contributed by atoms with Gasteiger partial charge >= 0.3 is 17.9 Å². The average Bonchev–Trinajstić information content (AvgIpc) is 3.39. The molecule has 0 rings (SSSR count). The molecular formula is C67H120O6. The Balaban J connectivity index is 4.19. The van der Waals surface area contributed by atoms with Crippen molar-refractivity contribution < 1.29 is 28.6 Å². The lowest BCUT2D eigenvalue weighted by Crippen LogP contribution is -2.30. The first-order valence-electron chi connectivity index (χ1n) is 31.8. The molecule has 6 heteroatoms. The van der Waals surface area contributed by atoms with E-state index >= 15 is 0 Å². The zero-order chi connectivity index (χ0) is 52.9. The predicted octanol–water partition coefficient (Wildman–Crippen LogP) is 21.6. The summed E-state index contributed by atoms with van der Waals surface area (Å²) < 4.78 is 16.9. The van der Waals surface area contributed by atoms with Gasteiger partial charge in [0.1, 0.15) is 13.2 Å². The van der Waals surface area contributed by atoms with Crippen molar-refractivity contribution in [3.05, 3.63) is 60.8 Å². The van der Waals surface area contributed by atoms with Crippen molar-refractivity contribution in [2.75, 3.05) is 13.2 Å². The maximum Gasteiger partial charge on any atom is 0.306 e. The molecule has 424 valence electrons. The van der Waals surface area contributed by atoms with Crippen LogP contribution in [-0.2, 0) is 28.6 Å². The van der Waals surface area contributed by atoms with E-state index in [9.17, 15) is 14.4 Å². The van der Waals surface area contributed by atoms with Gasteiger partial charge in [-0.2, -0.15) is 0 Å². The van der Waals surface area contributed by atoms with E-state index in [0.29, 0.717) is 19.3 Å². The van der Waals surface area contributed by atoms with E-state index in [1.165, 1.54) is 205 Å². The van der Waals surface area contributed by atoms with Gasteiger partial charge in [0.25, 0.3) is 0 Å². The van der Waals surface area contributed by atoms with E-state index in [-0.39, 0.29) is 31.1 Å². The third-order valence-corrected chi connectivity index (χ3v) is 14.0. The first-order chi connectivity index (χ1) is 36.0. The van der Waals surface area contributed by atoms with E-state index in [1.54, 1.807) is 0 Å². The standard InChI is InChI=1S/C67H120O6/c1-4-7-10-13-16-19-21-23-25-27-29-31-32-33-34-36-37-39-41-43-45-48-51-54-57-60-66(69)72-63-64(62-71-65(68)59-56-53-50-47-18-15-12-9-6-3)73-67(70)61-58-55-52-49-46-44-42-40-38-35-30-28-26-24-22-20-17-14-11-8-5-2/h7,10,16,19,23,25,28-31,64H,4-6,8-9,11-15,17-18,20-22,24,26-27,32-63H2,1-3H3/b10-7-,19-16-,25-23-,30-28-,31-29-. The molecule has 0 spiro atoms. The van der Waals surface area contributed by atoms with Crippen LogP contribution in [0.2, 0.25) is 0 Å². The second-order valence-electron chi connectivity index (χ2n) is 21.3. The molecule has 0 aromatic heterocycles. The average molecular weight is 1020 g/mol. The molecule has 0 fully saturated rings. The molecule has 0 aliphatic rings. The number of rotatable bonds is 58. The summed E-state index contributed by atoms with van der Waals surface area (Å²) in [5.74, 6) is -0.862. The Morgan fingerprint density at radius 1 is 0.288 bits per heavy atom. The largest absolute Gasteiger partial charge is 0.462 e. The second-order valence-corrected chi connectivity index (χ2v) is 21.3. The summed E-state index contributed by atoms with van der Waals surface area (Å²) in [5, 5.41) is 0. The molecule has 0 aromatic rings. The number of esters is 3. The van der Waals surface area contributed by atoms with E-state index in [2.05, 4.69) is 81.5 Å². The number of unbranched alkanes of at least 4 members (excludes halogenated alkanes) is 37. The van der Waals surface area contributed by atoms with Gasteiger partial charge in [0, 0.05) is 19.3 Å². The molecule has 0 bridgehead atoms. The number of carbonyl (C=O) groups is 3. The van der Waals surface area contributed by atoms with Crippen molar-refractivity contribution in [1.82, 2.24) is 0 Å². The van der Waals surface area contributed by atoms with Crippen LogP contribution in [0.1, 0.15) is 329 Å². The van der Waals surface area contributed by atoms with Gasteiger partial charge in [0.2, 0.25) is 0 Å². The first-order valence-corrected chi connectivity index (χ1v) is 31.8. The lowest BCUT2D eigenvalue weighted by molar-refractivity contribution is -0.167. The molecule has 0 amide bonds. The molecule has 0 aromatic carbocycles. The summed E-state index contributed by atoms with van der Waals surface area (Å²) >= 11 is 0. The molecule has 0 aliphatic carbocycles. The Hall–Kier alpha value is -2.89. The van der Waals surface area contributed by atoms with Crippen molar-refractivity contribution >= 4 is 17.9 Å². The van der Waals surface area contributed by atoms with Crippen LogP contribution in [-0.4, -0.2) is 37.2 Å². The highest BCUT2D eigenvalue weighted by molar-refractivity contribution is 5.71. The fraction of sp³-hybridized carbons (Fsp3) is 0.806. The van der Waals surface area contributed by atoms with E-state index in [4.69, 9.17) is 14.2 Å². The summed E-state index contributed by atoms with van der Waals surface area (Å²) in [6, 6.07) is 0. The summed E-state index contributed by atoms with van der Waals surface area (Å²) in [6.07, 6.45) is 78.1. The molecule has 0 saturated heterocycles. The Labute approximate surface area is 453 Å². The van der Waals surface area contributed by atoms with E-state index in [1.807, 2.05) is 0 Å². The van der Waals surface area contributed by atoms with Crippen LogP contribution in [0.25, 0.3) is 0 Å². The highest BCUT2D eigenvalue weighted by atomic mass is 16.6. The van der Waals surface area contributed by atoms with Crippen LogP contribution in [0, 0.1) is 0 Å². The Morgan fingerprint density at radius 3 is 0.849 bits per heavy atom. The number of allylic oxidation sites excluding steroid dienone is 10.